The van der Waals surface area contributed by atoms with E-state index in [1.54, 1.807) is 25.2 Å². The molecular weight excluding hydrogens is 512 g/mol. The number of amides is 1. The Balaban J connectivity index is 0.00000450. The Kier molecular flexibility index (Phi) is 9.90. The number of aliphatic imine (C=N–C) groups is 1. The van der Waals surface area contributed by atoms with Crippen LogP contribution in [0.2, 0.25) is 0 Å². The fraction of sp³-hybridized carbons (Fsp3) is 0.300. The van der Waals surface area contributed by atoms with Crippen LogP contribution in [0.4, 0.5) is 18.9 Å². The van der Waals surface area contributed by atoms with Gasteiger partial charge in [-0.1, -0.05) is 18.2 Å². The number of methoxy groups -OCH3 is 1. The van der Waals surface area contributed by atoms with Gasteiger partial charge < -0.3 is 20.7 Å². The van der Waals surface area contributed by atoms with E-state index in [1.165, 1.54) is 20.1 Å². The lowest BCUT2D eigenvalue weighted by atomic mass is 10.1. The molecule has 0 bridgehead atoms. The summed E-state index contributed by atoms with van der Waals surface area (Å²) in [6, 6.07) is 10.5. The van der Waals surface area contributed by atoms with Crippen molar-refractivity contribution in [1.29, 1.82) is 0 Å². The molecule has 10 heteroatoms. The maximum Gasteiger partial charge on any atom is 0.416 e. The first-order valence-electron chi connectivity index (χ1n) is 8.78. The lowest BCUT2D eigenvalue weighted by Gasteiger charge is -2.15. The molecule has 164 valence electrons. The van der Waals surface area contributed by atoms with Gasteiger partial charge in [0.15, 0.2) is 5.96 Å². The van der Waals surface area contributed by atoms with Gasteiger partial charge in [0.1, 0.15) is 5.75 Å². The highest BCUT2D eigenvalue weighted by Gasteiger charge is 2.30. The molecule has 0 atom stereocenters. The second-order valence-corrected chi connectivity index (χ2v) is 6.19. The normalized spacial score (nSPS) is 11.3. The molecule has 0 fully saturated rings. The fourth-order valence-corrected chi connectivity index (χ4v) is 2.60. The monoisotopic (exact) mass is 536 g/mol. The number of alkyl halides is 3. The Morgan fingerprint density at radius 1 is 1.07 bits per heavy atom. The Morgan fingerprint density at radius 2 is 1.70 bits per heavy atom. The topological polar surface area (TPSA) is 74.8 Å². The predicted molar refractivity (Wildman–Crippen MR) is 121 cm³/mol. The van der Waals surface area contributed by atoms with Crippen LogP contribution in [0.1, 0.15) is 23.6 Å². The quantitative estimate of drug-likeness (QED) is 0.295. The van der Waals surface area contributed by atoms with Gasteiger partial charge in [0.25, 0.3) is 0 Å². The average molecular weight is 536 g/mol. The van der Waals surface area contributed by atoms with Gasteiger partial charge in [0.05, 0.1) is 18.4 Å². The Hall–Kier alpha value is -2.50. The van der Waals surface area contributed by atoms with E-state index in [2.05, 4.69) is 20.9 Å². The van der Waals surface area contributed by atoms with E-state index < -0.39 is 11.7 Å². The molecule has 0 saturated heterocycles. The van der Waals surface area contributed by atoms with Crippen LogP contribution in [-0.4, -0.2) is 26.0 Å². The number of rotatable bonds is 6. The number of ether oxygens (including phenoxy) is 1. The van der Waals surface area contributed by atoms with Crippen molar-refractivity contribution < 1.29 is 22.7 Å². The van der Waals surface area contributed by atoms with Crippen molar-refractivity contribution in [1.82, 2.24) is 10.6 Å². The third-order valence-corrected chi connectivity index (χ3v) is 3.97. The molecule has 30 heavy (non-hydrogen) atoms. The summed E-state index contributed by atoms with van der Waals surface area (Å²) in [4.78, 5) is 15.4. The molecule has 0 aromatic heterocycles. The number of benzene rings is 2. The van der Waals surface area contributed by atoms with Crippen LogP contribution in [0.15, 0.2) is 47.5 Å². The summed E-state index contributed by atoms with van der Waals surface area (Å²) in [7, 11) is 3.08. The van der Waals surface area contributed by atoms with E-state index in [0.717, 1.165) is 17.7 Å². The minimum atomic E-state index is -4.38. The van der Waals surface area contributed by atoms with Crippen LogP contribution in [0.3, 0.4) is 0 Å². The van der Waals surface area contributed by atoms with Gasteiger partial charge in [-0.3, -0.25) is 9.79 Å². The second kappa shape index (κ2) is 11.6. The van der Waals surface area contributed by atoms with Crippen molar-refractivity contribution in [3.8, 4) is 5.75 Å². The minimum absolute atomic E-state index is 0. The van der Waals surface area contributed by atoms with Gasteiger partial charge in [0.2, 0.25) is 5.91 Å². The summed E-state index contributed by atoms with van der Waals surface area (Å²) in [6.45, 7) is 1.98. The van der Waals surface area contributed by atoms with Crippen LogP contribution in [0.25, 0.3) is 0 Å². The van der Waals surface area contributed by atoms with Crippen molar-refractivity contribution >= 4 is 41.5 Å². The summed E-state index contributed by atoms with van der Waals surface area (Å²) < 4.78 is 43.7. The molecule has 6 nitrogen and oxygen atoms in total. The van der Waals surface area contributed by atoms with Gasteiger partial charge in [-0.05, 0) is 35.4 Å². The van der Waals surface area contributed by atoms with Gasteiger partial charge in [-0.25, -0.2) is 0 Å². The predicted octanol–water partition coefficient (Wildman–Crippen LogP) is 4.16. The molecule has 0 radical (unpaired) electrons. The SMILES string of the molecule is CN=C(NCc1cccc(C(F)(F)F)c1)NCc1ccc(OC)c(NC(C)=O)c1.I. The number of carbonyl (C=O) groups excluding carboxylic acids is 1. The van der Waals surface area contributed by atoms with Crippen LogP contribution in [0.5, 0.6) is 5.75 Å². The second-order valence-electron chi connectivity index (χ2n) is 6.19. The zero-order chi connectivity index (χ0) is 21.4. The van der Waals surface area contributed by atoms with Crippen molar-refractivity contribution in [2.75, 3.05) is 19.5 Å². The first-order chi connectivity index (χ1) is 13.7. The Bertz CT molecular complexity index is 889. The van der Waals surface area contributed by atoms with Crippen LogP contribution in [0, 0.1) is 0 Å². The zero-order valence-corrected chi connectivity index (χ0v) is 19.1. The van der Waals surface area contributed by atoms with Crippen molar-refractivity contribution in [3.05, 3.63) is 59.2 Å². The number of hydrogen-bond acceptors (Lipinski definition) is 3. The first kappa shape index (κ1) is 25.5. The van der Waals surface area contributed by atoms with Crippen molar-refractivity contribution in [2.24, 2.45) is 4.99 Å². The molecule has 0 aliphatic carbocycles. The highest BCUT2D eigenvalue weighted by Crippen LogP contribution is 2.29. The lowest BCUT2D eigenvalue weighted by molar-refractivity contribution is -0.137. The number of nitrogens with one attached hydrogen (secondary N) is 3. The van der Waals surface area contributed by atoms with E-state index in [9.17, 15) is 18.0 Å². The fourth-order valence-electron chi connectivity index (χ4n) is 2.60. The minimum Gasteiger partial charge on any atom is -0.495 e. The number of nitrogens with zero attached hydrogens (tertiary/aromatic N) is 1. The number of guanidine groups is 1. The lowest BCUT2D eigenvalue weighted by Crippen LogP contribution is -2.36. The van der Waals surface area contributed by atoms with E-state index in [0.29, 0.717) is 29.5 Å². The average Bonchev–Trinajstić information content (AvgIpc) is 2.67. The maximum atomic E-state index is 12.8. The van der Waals surface area contributed by atoms with Crippen LogP contribution in [-0.2, 0) is 24.1 Å². The molecule has 0 spiro atoms. The summed E-state index contributed by atoms with van der Waals surface area (Å²) in [5.74, 6) is 0.752. The van der Waals surface area contributed by atoms with Gasteiger partial charge in [0, 0.05) is 27.1 Å². The third kappa shape index (κ3) is 7.73. The molecule has 0 saturated carbocycles. The summed E-state index contributed by atoms with van der Waals surface area (Å²) >= 11 is 0. The number of hydrogen-bond donors (Lipinski definition) is 3. The smallest absolute Gasteiger partial charge is 0.416 e. The standard InChI is InChI=1S/C20H23F3N4O2.HI/c1-13(28)27-17-10-15(7-8-18(17)29-3)12-26-19(24-2)25-11-14-5-4-6-16(9-14)20(21,22)23;/h4-10H,11-12H2,1-3H3,(H,27,28)(H2,24,25,26);1H. The highest BCUT2D eigenvalue weighted by molar-refractivity contribution is 14.0. The Morgan fingerprint density at radius 3 is 2.23 bits per heavy atom. The van der Waals surface area contributed by atoms with E-state index in [-0.39, 0.29) is 36.4 Å². The largest absolute Gasteiger partial charge is 0.495 e. The summed E-state index contributed by atoms with van der Waals surface area (Å²) in [5, 5.41) is 8.76. The van der Waals surface area contributed by atoms with Gasteiger partial charge in [-0.2, -0.15) is 13.2 Å². The molecule has 0 heterocycles. The molecule has 0 unspecified atom stereocenters. The molecule has 0 aliphatic heterocycles. The first-order valence-corrected chi connectivity index (χ1v) is 8.78. The molecular formula is C20H24F3IN4O2. The number of halogens is 4. The summed E-state index contributed by atoms with van der Waals surface area (Å²) in [5.41, 5.74) is 1.20. The Labute approximate surface area is 190 Å². The maximum absolute atomic E-state index is 12.8. The molecule has 1 amide bonds. The third-order valence-electron chi connectivity index (χ3n) is 3.97. The zero-order valence-electron chi connectivity index (χ0n) is 16.8. The van der Waals surface area contributed by atoms with Crippen molar-refractivity contribution in [2.45, 2.75) is 26.2 Å². The molecule has 2 aromatic rings. The van der Waals surface area contributed by atoms with Gasteiger partial charge in [-0.15, -0.1) is 24.0 Å². The molecule has 2 rings (SSSR count). The molecule has 3 N–H and O–H groups in total. The highest BCUT2D eigenvalue weighted by atomic mass is 127. The van der Waals surface area contributed by atoms with Gasteiger partial charge >= 0.3 is 6.18 Å². The van der Waals surface area contributed by atoms with E-state index >= 15 is 0 Å². The van der Waals surface area contributed by atoms with Crippen LogP contribution < -0.4 is 20.7 Å². The molecule has 2 aromatic carbocycles. The van der Waals surface area contributed by atoms with E-state index in [4.69, 9.17) is 4.74 Å². The van der Waals surface area contributed by atoms with Crippen molar-refractivity contribution in [3.63, 3.8) is 0 Å². The van der Waals surface area contributed by atoms with Crippen LogP contribution >= 0.6 is 24.0 Å². The molecule has 0 aliphatic rings. The van der Waals surface area contributed by atoms with E-state index in [1.807, 2.05) is 6.07 Å². The number of anilines is 1. The number of carbonyl (C=O) groups is 1. The summed E-state index contributed by atoms with van der Waals surface area (Å²) in [6.07, 6.45) is -4.38.